The highest BCUT2D eigenvalue weighted by Crippen LogP contribution is 2.49. The predicted molar refractivity (Wildman–Crippen MR) is 114 cm³/mol. The molecule has 1 aliphatic carbocycles. The summed E-state index contributed by atoms with van der Waals surface area (Å²) in [5.74, 6) is -0.222. The van der Waals surface area contributed by atoms with Gasteiger partial charge in [-0.2, -0.15) is 29.0 Å². The molecular formula is C21H21F3N4O3S. The van der Waals surface area contributed by atoms with Gasteiger partial charge >= 0.3 is 6.18 Å². The summed E-state index contributed by atoms with van der Waals surface area (Å²) in [5.41, 5.74) is 0.396. The van der Waals surface area contributed by atoms with E-state index >= 15 is 0 Å². The molecule has 1 unspecified atom stereocenters. The van der Waals surface area contributed by atoms with E-state index in [1.54, 1.807) is 7.05 Å². The van der Waals surface area contributed by atoms with Gasteiger partial charge in [0.25, 0.3) is 0 Å². The van der Waals surface area contributed by atoms with E-state index < -0.39 is 28.5 Å². The molecule has 7 nitrogen and oxygen atoms in total. The van der Waals surface area contributed by atoms with Gasteiger partial charge in [-0.3, -0.25) is 18.9 Å². The van der Waals surface area contributed by atoms with Gasteiger partial charge < -0.3 is 10.6 Å². The molecule has 4 N–H and O–H groups in total. The van der Waals surface area contributed by atoms with Crippen LogP contribution in [0.5, 0.6) is 0 Å². The molecule has 0 bridgehead atoms. The van der Waals surface area contributed by atoms with Gasteiger partial charge in [-0.1, -0.05) is 6.07 Å². The van der Waals surface area contributed by atoms with Crippen molar-refractivity contribution in [2.75, 3.05) is 18.6 Å². The maximum absolute atomic E-state index is 13.0. The third-order valence-corrected chi connectivity index (χ3v) is 6.21. The van der Waals surface area contributed by atoms with Crippen molar-refractivity contribution in [3.05, 3.63) is 64.6 Å². The number of nitriles is 1. The van der Waals surface area contributed by atoms with Crippen LogP contribution in [0.3, 0.4) is 0 Å². The number of carbonyl (C=O) groups is 1. The Kier molecular flexibility index (Phi) is 6.61. The minimum atomic E-state index is -4.61. The highest BCUT2D eigenvalue weighted by atomic mass is 32.3. The fraction of sp³-hybridized carbons (Fsp3) is 0.286. The van der Waals surface area contributed by atoms with E-state index in [1.165, 1.54) is 30.5 Å². The van der Waals surface area contributed by atoms with Crippen molar-refractivity contribution in [1.82, 2.24) is 10.3 Å². The first kappa shape index (κ1) is 23.7. The SMILES string of the molecule is CNC(C1=C(Nc2ccnc(C(F)(F)F)c2)CCC1=O)c1ccc(C#N)cc1S(C)(O)O. The molecule has 32 heavy (non-hydrogen) atoms. The lowest BCUT2D eigenvalue weighted by molar-refractivity contribution is -0.141. The third-order valence-electron chi connectivity index (χ3n) is 5.02. The number of carbonyl (C=O) groups excluding carboxylic acids is 1. The van der Waals surface area contributed by atoms with Crippen LogP contribution in [0.2, 0.25) is 0 Å². The van der Waals surface area contributed by atoms with E-state index in [9.17, 15) is 32.3 Å². The Bertz CT molecular complexity index is 1120. The maximum Gasteiger partial charge on any atom is 0.433 e. The molecule has 0 fully saturated rings. The minimum absolute atomic E-state index is 0.116. The molecule has 1 aromatic carbocycles. The van der Waals surface area contributed by atoms with Crippen LogP contribution in [0.25, 0.3) is 0 Å². The molecule has 0 saturated carbocycles. The summed E-state index contributed by atoms with van der Waals surface area (Å²) in [6.07, 6.45) is -1.92. The number of alkyl halides is 3. The molecule has 0 spiro atoms. The van der Waals surface area contributed by atoms with E-state index in [2.05, 4.69) is 15.6 Å². The number of hydrogen-bond acceptors (Lipinski definition) is 7. The summed E-state index contributed by atoms with van der Waals surface area (Å²) in [4.78, 5) is 16.2. The molecule has 0 amide bonds. The Balaban J connectivity index is 2.08. The number of likely N-dealkylation sites (N-methyl/N-ethyl adjacent to an activating group) is 1. The van der Waals surface area contributed by atoms with E-state index in [0.29, 0.717) is 11.3 Å². The number of nitrogens with zero attached hydrogens (tertiary/aromatic N) is 2. The summed E-state index contributed by atoms with van der Waals surface area (Å²) in [7, 11) is -1.66. The van der Waals surface area contributed by atoms with Crippen LogP contribution < -0.4 is 10.6 Å². The smallest absolute Gasteiger partial charge is 0.358 e. The monoisotopic (exact) mass is 466 g/mol. The highest BCUT2D eigenvalue weighted by Gasteiger charge is 2.34. The molecule has 1 heterocycles. The lowest BCUT2D eigenvalue weighted by Crippen LogP contribution is -2.24. The van der Waals surface area contributed by atoms with Crippen molar-refractivity contribution in [2.45, 2.75) is 30.0 Å². The molecule has 1 atom stereocenters. The van der Waals surface area contributed by atoms with Crippen molar-refractivity contribution < 1.29 is 27.1 Å². The standard InChI is InChI=1S/C21H21F3N4O3S/c1-26-20(14-4-3-12(11-25)9-17(14)32(2,30)31)19-15(5-6-16(19)29)28-13-7-8-27-18(10-13)21(22,23)24/h3-4,7-10,20,26,30-31H,5-6H2,1-2H3,(H,27,28). The van der Waals surface area contributed by atoms with Crippen LogP contribution in [0.15, 0.2) is 52.7 Å². The van der Waals surface area contributed by atoms with Crippen molar-refractivity contribution in [2.24, 2.45) is 0 Å². The molecular weight excluding hydrogens is 445 g/mol. The fourth-order valence-electron chi connectivity index (χ4n) is 3.61. The number of nitrogens with one attached hydrogen (secondary N) is 2. The number of anilines is 1. The Morgan fingerprint density at radius 3 is 2.53 bits per heavy atom. The van der Waals surface area contributed by atoms with Gasteiger partial charge in [0.15, 0.2) is 5.78 Å². The molecule has 0 radical (unpaired) electrons. The van der Waals surface area contributed by atoms with E-state index in [4.69, 9.17) is 0 Å². The van der Waals surface area contributed by atoms with Gasteiger partial charge in [0.1, 0.15) is 5.69 Å². The van der Waals surface area contributed by atoms with Crippen LogP contribution in [0.4, 0.5) is 18.9 Å². The first-order chi connectivity index (χ1) is 15.0. The lowest BCUT2D eigenvalue weighted by Gasteiger charge is -2.32. The zero-order valence-electron chi connectivity index (χ0n) is 17.2. The molecule has 0 aliphatic heterocycles. The average molecular weight is 466 g/mol. The summed E-state index contributed by atoms with van der Waals surface area (Å²) in [6.45, 7) is 0. The first-order valence-electron chi connectivity index (χ1n) is 9.46. The number of Topliss-reactive ketones (excluding diaryl/α,β-unsaturated/α-hetero) is 1. The van der Waals surface area contributed by atoms with Crippen LogP contribution in [0, 0.1) is 11.3 Å². The molecule has 1 aromatic heterocycles. The van der Waals surface area contributed by atoms with Crippen LogP contribution >= 0.6 is 10.6 Å². The molecule has 1 aliphatic rings. The van der Waals surface area contributed by atoms with Gasteiger partial charge in [0.05, 0.1) is 22.6 Å². The predicted octanol–water partition coefficient (Wildman–Crippen LogP) is 4.70. The molecule has 0 saturated heterocycles. The summed E-state index contributed by atoms with van der Waals surface area (Å²) in [5, 5.41) is 15.1. The topological polar surface area (TPSA) is 118 Å². The third kappa shape index (κ3) is 4.94. The fourth-order valence-corrected chi connectivity index (χ4v) is 4.59. The number of ketones is 1. The van der Waals surface area contributed by atoms with Crippen molar-refractivity contribution in [3.63, 3.8) is 0 Å². The minimum Gasteiger partial charge on any atom is -0.358 e. The maximum atomic E-state index is 13.0. The number of benzene rings is 1. The van der Waals surface area contributed by atoms with Gasteiger partial charge in [-0.15, -0.1) is 0 Å². The Morgan fingerprint density at radius 2 is 1.94 bits per heavy atom. The Morgan fingerprint density at radius 1 is 1.22 bits per heavy atom. The number of allylic oxidation sites excluding steroid dienone is 1. The molecule has 170 valence electrons. The highest BCUT2D eigenvalue weighted by molar-refractivity contribution is 8.23. The molecule has 3 rings (SSSR count). The quantitative estimate of drug-likeness (QED) is 0.487. The second-order valence-electron chi connectivity index (χ2n) is 7.29. The van der Waals surface area contributed by atoms with Crippen LogP contribution in [-0.4, -0.2) is 33.2 Å². The first-order valence-corrected chi connectivity index (χ1v) is 11.4. The van der Waals surface area contributed by atoms with E-state index in [1.807, 2.05) is 6.07 Å². The largest absolute Gasteiger partial charge is 0.433 e. The van der Waals surface area contributed by atoms with Crippen molar-refractivity contribution in [1.29, 1.82) is 5.26 Å². The van der Waals surface area contributed by atoms with Gasteiger partial charge in [-0.05, 0) is 43.3 Å². The summed E-state index contributed by atoms with van der Waals surface area (Å²) in [6, 6.07) is 7.80. The van der Waals surface area contributed by atoms with Crippen LogP contribution in [-0.2, 0) is 11.0 Å². The normalized spacial score (nSPS) is 16.1. The number of rotatable bonds is 6. The summed E-state index contributed by atoms with van der Waals surface area (Å²) >= 11 is 0. The van der Waals surface area contributed by atoms with Crippen LogP contribution in [0.1, 0.15) is 35.7 Å². The summed E-state index contributed by atoms with van der Waals surface area (Å²) < 4.78 is 59.7. The number of aromatic nitrogens is 1. The average Bonchev–Trinajstić information content (AvgIpc) is 3.08. The van der Waals surface area contributed by atoms with Crippen molar-refractivity contribution in [3.8, 4) is 6.07 Å². The number of halogens is 3. The second kappa shape index (κ2) is 8.91. The number of pyridine rings is 1. The van der Waals surface area contributed by atoms with Gasteiger partial charge in [0.2, 0.25) is 0 Å². The van der Waals surface area contributed by atoms with E-state index in [-0.39, 0.29) is 40.3 Å². The van der Waals surface area contributed by atoms with Gasteiger partial charge in [0, 0.05) is 35.8 Å². The second-order valence-corrected chi connectivity index (χ2v) is 9.39. The molecule has 11 heteroatoms. The van der Waals surface area contributed by atoms with Gasteiger partial charge in [-0.25, -0.2) is 0 Å². The molecule has 2 aromatic rings. The zero-order valence-corrected chi connectivity index (χ0v) is 18.0. The van der Waals surface area contributed by atoms with Crippen molar-refractivity contribution >= 4 is 22.1 Å². The lowest BCUT2D eigenvalue weighted by atomic mass is 9.95. The Hall–Kier alpha value is -2.91. The number of hydrogen-bond donors (Lipinski definition) is 4. The Labute approximate surface area is 184 Å². The zero-order chi connectivity index (χ0) is 23.7. The van der Waals surface area contributed by atoms with E-state index in [0.717, 1.165) is 12.3 Å².